The van der Waals surface area contributed by atoms with Crippen LogP contribution in [-0.2, 0) is 54.1 Å². The number of hydrogen-bond donors (Lipinski definition) is 0. The molecule has 0 radical (unpaired) electrons. The van der Waals surface area contributed by atoms with Crippen LogP contribution in [0, 0.1) is 13.8 Å². The van der Waals surface area contributed by atoms with Gasteiger partial charge in [-0.1, -0.05) is 306 Å². The number of aryl methyl sites for hydroxylation is 2. The second kappa shape index (κ2) is 29.8. The number of benzene rings is 14. The maximum absolute atomic E-state index is 7.90. The highest BCUT2D eigenvalue weighted by Gasteiger charge is 2.52. The molecule has 2 aromatic heterocycles. The predicted octanol–water partition coefficient (Wildman–Crippen LogP) is 31.5. The molecule has 0 spiro atoms. The van der Waals surface area contributed by atoms with E-state index < -0.39 is 0 Å². The van der Waals surface area contributed by atoms with E-state index in [1.807, 2.05) is 0 Å². The molecule has 674 valence electrons. The Hall–Kier alpha value is -12.0. The third-order valence-electron chi connectivity index (χ3n) is 32.8. The van der Waals surface area contributed by atoms with Gasteiger partial charge in [0.25, 0.3) is 13.4 Å². The van der Waals surface area contributed by atoms with Crippen LogP contribution >= 0.6 is 0 Å². The Kier molecular flexibility index (Phi) is 19.4. The SMILES string of the molecule is Cc1cc2c3c(c1)N(c1ccc(C(C)(C)C)cc1)c1c(oc4cc5c(cc14)C(C)(C)CCC5(C)C)B3c1ccc(C(C)(C)C)cc1N2c1ccc(C(C)(C)CCC(C)(C)c2ccc(N3c4cc(C)cc5c4B(c4cc(C(C)(C)C)ccc4N5c4ccc(C(C)(C)C)cc4-c4cccc5ccccc45)c4oc5cc6c(cc5c43)C(C)(C)CCC6(C)C)cc2)cc1-c1ccc2ccccc2c1. The lowest BCUT2D eigenvalue weighted by molar-refractivity contribution is 0.332. The zero-order valence-corrected chi connectivity index (χ0v) is 84.3. The van der Waals surface area contributed by atoms with Crippen LogP contribution in [0.25, 0.3) is 65.7 Å². The molecule has 8 heteroatoms. The van der Waals surface area contributed by atoms with Crippen LogP contribution < -0.4 is 52.8 Å². The monoisotopic (exact) mass is 1760 g/mol. The van der Waals surface area contributed by atoms with Crippen molar-refractivity contribution in [1.82, 2.24) is 0 Å². The molecular formula is C126H132B2N4O2. The van der Waals surface area contributed by atoms with Crippen molar-refractivity contribution in [2.45, 2.75) is 273 Å². The molecule has 0 amide bonds. The van der Waals surface area contributed by atoms with Gasteiger partial charge in [-0.25, -0.2) is 0 Å². The zero-order valence-electron chi connectivity index (χ0n) is 84.3. The van der Waals surface area contributed by atoms with Gasteiger partial charge in [-0.15, -0.1) is 0 Å². The average molecular weight is 1760 g/mol. The van der Waals surface area contributed by atoms with Crippen molar-refractivity contribution in [1.29, 1.82) is 0 Å². The molecule has 0 fully saturated rings. The van der Waals surface area contributed by atoms with Crippen LogP contribution in [0.15, 0.2) is 264 Å². The van der Waals surface area contributed by atoms with Crippen molar-refractivity contribution in [3.63, 3.8) is 0 Å². The van der Waals surface area contributed by atoms with Crippen molar-refractivity contribution in [3.05, 3.63) is 322 Å². The second-order valence-corrected chi connectivity index (χ2v) is 49.1. The minimum atomic E-state index is -0.265. The molecule has 0 bridgehead atoms. The summed E-state index contributed by atoms with van der Waals surface area (Å²) in [5.74, 6) is 0. The number of fused-ring (bicyclic) bond motifs is 16. The van der Waals surface area contributed by atoms with Crippen LogP contribution in [0.5, 0.6) is 0 Å². The van der Waals surface area contributed by atoms with Gasteiger partial charge >= 0.3 is 0 Å². The number of furan rings is 2. The quantitative estimate of drug-likeness (QED) is 0.120. The summed E-state index contributed by atoms with van der Waals surface area (Å²) in [5, 5.41) is 7.27. The Morgan fingerprint density at radius 3 is 1.20 bits per heavy atom. The molecule has 6 aliphatic rings. The molecule has 16 aromatic rings. The summed E-state index contributed by atoms with van der Waals surface area (Å²) >= 11 is 0. The smallest absolute Gasteiger partial charge is 0.297 e. The topological polar surface area (TPSA) is 39.2 Å². The summed E-state index contributed by atoms with van der Waals surface area (Å²) < 4.78 is 15.7. The first-order valence-electron chi connectivity index (χ1n) is 49.7. The fraction of sp³-hybridized carbons (Fsp3) is 0.333. The van der Waals surface area contributed by atoms with E-state index in [1.54, 1.807) is 0 Å². The van der Waals surface area contributed by atoms with Gasteiger partial charge in [-0.3, -0.25) is 0 Å². The van der Waals surface area contributed by atoms with Gasteiger partial charge in [0.05, 0.1) is 34.1 Å². The lowest BCUT2D eigenvalue weighted by Gasteiger charge is -2.44. The molecule has 0 atom stereocenters. The molecule has 4 aliphatic heterocycles. The van der Waals surface area contributed by atoms with Gasteiger partial charge in [0.1, 0.15) is 11.2 Å². The number of hydrogen-bond acceptors (Lipinski definition) is 6. The third-order valence-corrected chi connectivity index (χ3v) is 32.8. The van der Waals surface area contributed by atoms with Gasteiger partial charge in [-0.2, -0.15) is 0 Å². The Balaban J connectivity index is 0.675. The molecule has 14 aromatic carbocycles. The van der Waals surface area contributed by atoms with E-state index in [2.05, 4.69) is 454 Å². The maximum Gasteiger partial charge on any atom is 0.297 e. The van der Waals surface area contributed by atoms with Gasteiger partial charge < -0.3 is 28.4 Å². The largest absolute Gasteiger partial charge is 0.468 e. The standard InChI is InChI=1S/C126H132B2N4O2/c1-75-63-106-112-107(64-75)131(102-53-45-83(118(6,7)8)67-92(102)90-37-31-35-78-33-29-30-36-89(78)90)103-55-46-84(119(9,10)11)69-100(103)128(112)116-114(94-72-96-98(74-110(94)134-116)126(25,26)61-59-124(96,21)22)130(106)88-50-42-82(43-51-88)121(15,16)56-57-122(17,18)86-47-54-101(91(68-86)80-39-38-77-32-27-28-34-79(77)66-80)132-104-70-85(120(12,13)14)44-52-99(104)127-111-105(62-76(2)65-108(111)132)129(87-48-40-81(41-49-87)117(3,4)5)113-93-71-95-97(73-109(93)133-115(113)127)125(23,24)60-58-123(95,19)20/h27-55,62-74H,56-61H2,1-26H3. The first-order chi connectivity index (χ1) is 63.2. The molecule has 6 nitrogen and oxygen atoms in total. The zero-order chi connectivity index (χ0) is 94.1. The van der Waals surface area contributed by atoms with E-state index in [0.717, 1.165) is 95.1 Å². The van der Waals surface area contributed by atoms with E-state index in [1.165, 1.54) is 177 Å². The highest BCUT2D eigenvalue weighted by atomic mass is 16.3. The van der Waals surface area contributed by atoms with Crippen LogP contribution in [0.1, 0.15) is 271 Å². The number of anilines is 12. The predicted molar refractivity (Wildman–Crippen MR) is 576 cm³/mol. The molecule has 134 heavy (non-hydrogen) atoms. The second-order valence-electron chi connectivity index (χ2n) is 49.1. The van der Waals surface area contributed by atoms with Crippen molar-refractivity contribution in [3.8, 4) is 22.3 Å². The van der Waals surface area contributed by atoms with E-state index in [-0.39, 0.29) is 67.6 Å². The molecule has 0 saturated carbocycles. The van der Waals surface area contributed by atoms with Gasteiger partial charge in [0.2, 0.25) is 0 Å². The summed E-state index contributed by atoms with van der Waals surface area (Å²) in [4.78, 5) is 10.5. The fourth-order valence-corrected chi connectivity index (χ4v) is 24.0. The highest BCUT2D eigenvalue weighted by Crippen LogP contribution is 2.58. The van der Waals surface area contributed by atoms with Crippen molar-refractivity contribution in [2.75, 3.05) is 19.6 Å². The average Bonchev–Trinajstić information content (AvgIpc) is 1.49. The molecule has 22 rings (SSSR count). The van der Waals surface area contributed by atoms with Crippen molar-refractivity contribution >= 4 is 158 Å². The number of nitrogens with zero attached hydrogens (tertiary/aromatic N) is 4. The van der Waals surface area contributed by atoms with Gasteiger partial charge in [0.15, 0.2) is 0 Å². The summed E-state index contributed by atoms with van der Waals surface area (Å²) in [6, 6.07) is 101. The molecule has 6 heterocycles. The van der Waals surface area contributed by atoms with Crippen molar-refractivity contribution < 1.29 is 8.83 Å². The van der Waals surface area contributed by atoms with Crippen molar-refractivity contribution in [2.24, 2.45) is 0 Å². The van der Waals surface area contributed by atoms with Crippen LogP contribution in [0.4, 0.5) is 68.2 Å². The van der Waals surface area contributed by atoms with Crippen LogP contribution in [-0.4, -0.2) is 13.4 Å². The molecular weight excluding hydrogens is 1620 g/mol. The minimum absolute atomic E-state index is 0.00268. The molecule has 2 aliphatic carbocycles. The van der Waals surface area contributed by atoms with Crippen LogP contribution in [0.2, 0.25) is 0 Å². The summed E-state index contributed by atoms with van der Waals surface area (Å²) in [6.45, 7) is 61.9. The van der Waals surface area contributed by atoms with Crippen LogP contribution in [0.3, 0.4) is 0 Å². The molecule has 0 unspecified atom stereocenters. The first kappa shape index (κ1) is 87.4. The van der Waals surface area contributed by atoms with Gasteiger partial charge in [0, 0.05) is 67.4 Å². The van der Waals surface area contributed by atoms with E-state index in [4.69, 9.17) is 8.83 Å². The first-order valence-corrected chi connectivity index (χ1v) is 49.7. The number of rotatable bonds is 11. The maximum atomic E-state index is 7.90. The summed E-state index contributed by atoms with van der Waals surface area (Å²) in [7, 11) is 0. The lowest BCUT2D eigenvalue weighted by Crippen LogP contribution is -2.61. The Morgan fingerprint density at radius 1 is 0.284 bits per heavy atom. The summed E-state index contributed by atoms with van der Waals surface area (Å²) in [5.41, 5.74) is 42.7. The Labute approximate surface area is 797 Å². The summed E-state index contributed by atoms with van der Waals surface area (Å²) in [6.07, 6.45) is 6.37. The Bertz CT molecular complexity index is 7590. The highest BCUT2D eigenvalue weighted by molar-refractivity contribution is 7.00. The lowest BCUT2D eigenvalue weighted by atomic mass is 9.35. The fourth-order valence-electron chi connectivity index (χ4n) is 24.0. The minimum Gasteiger partial charge on any atom is -0.468 e. The Morgan fingerprint density at radius 2 is 0.679 bits per heavy atom. The third kappa shape index (κ3) is 13.9. The van der Waals surface area contributed by atoms with Gasteiger partial charge in [-0.05, 0) is 343 Å². The molecule has 0 N–H and O–H groups in total. The molecule has 0 saturated heterocycles. The normalized spacial score (nSPS) is 16.4. The van der Waals surface area contributed by atoms with E-state index >= 15 is 0 Å². The van der Waals surface area contributed by atoms with E-state index in [9.17, 15) is 0 Å². The van der Waals surface area contributed by atoms with E-state index in [0.29, 0.717) is 0 Å².